The van der Waals surface area contributed by atoms with Crippen molar-refractivity contribution in [2.75, 3.05) is 0 Å². The smallest absolute Gasteiger partial charge is 0.310 e. The number of hydrogen-bond acceptors (Lipinski definition) is 1. The molecule has 0 saturated heterocycles. The zero-order valence-electron chi connectivity index (χ0n) is 8.62. The predicted octanol–water partition coefficient (Wildman–Crippen LogP) is 3.96. The van der Waals surface area contributed by atoms with Crippen molar-refractivity contribution in [3.63, 3.8) is 0 Å². The van der Waals surface area contributed by atoms with E-state index in [9.17, 15) is 9.90 Å². The van der Waals surface area contributed by atoms with E-state index in [0.717, 1.165) is 18.4 Å². The number of carboxylic acid groups (broad SMARTS) is 1. The lowest BCUT2D eigenvalue weighted by Gasteiger charge is -2.12. The lowest BCUT2D eigenvalue weighted by atomic mass is 9.94. The summed E-state index contributed by atoms with van der Waals surface area (Å²) >= 11 is 11.7. The summed E-state index contributed by atoms with van der Waals surface area (Å²) in [4.78, 5) is 11.2. The maximum atomic E-state index is 11.2. The minimum atomic E-state index is -0.787. The largest absolute Gasteiger partial charge is 0.481 e. The van der Waals surface area contributed by atoms with Crippen LogP contribution in [-0.4, -0.2) is 11.1 Å². The van der Waals surface area contributed by atoms with Crippen LogP contribution in [0.1, 0.15) is 30.7 Å². The predicted molar refractivity (Wildman–Crippen MR) is 64.2 cm³/mol. The van der Waals surface area contributed by atoms with Gasteiger partial charge in [-0.25, -0.2) is 0 Å². The van der Waals surface area contributed by atoms with Gasteiger partial charge < -0.3 is 5.11 Å². The average molecular weight is 259 g/mol. The van der Waals surface area contributed by atoms with E-state index in [2.05, 4.69) is 0 Å². The highest BCUT2D eigenvalue weighted by atomic mass is 35.5. The van der Waals surface area contributed by atoms with E-state index in [0.29, 0.717) is 22.4 Å². The van der Waals surface area contributed by atoms with Gasteiger partial charge >= 0.3 is 5.97 Å². The Labute approximate surface area is 104 Å². The molecule has 0 amide bonds. The molecule has 1 saturated carbocycles. The van der Waals surface area contributed by atoms with E-state index in [1.165, 1.54) is 0 Å². The summed E-state index contributed by atoms with van der Waals surface area (Å²) in [7, 11) is 0. The third-order valence-corrected chi connectivity index (χ3v) is 3.65. The van der Waals surface area contributed by atoms with Gasteiger partial charge in [0.25, 0.3) is 0 Å². The molecule has 1 aliphatic carbocycles. The molecule has 2 nitrogen and oxygen atoms in total. The number of carbonyl (C=O) groups is 1. The van der Waals surface area contributed by atoms with Crippen molar-refractivity contribution in [2.24, 2.45) is 5.92 Å². The zero-order chi connectivity index (χ0) is 11.7. The van der Waals surface area contributed by atoms with Gasteiger partial charge in [-0.3, -0.25) is 4.79 Å². The molecule has 1 aromatic carbocycles. The Morgan fingerprint density at radius 1 is 1.38 bits per heavy atom. The lowest BCUT2D eigenvalue weighted by molar-refractivity contribution is -0.139. The second kappa shape index (κ2) is 4.64. The molecule has 1 atom stereocenters. The quantitative estimate of drug-likeness (QED) is 0.888. The Kier molecular flexibility index (Phi) is 3.41. The Hall–Kier alpha value is -0.730. The Balaban J connectivity index is 2.22. The summed E-state index contributed by atoms with van der Waals surface area (Å²) in [5.41, 5.74) is 0.744. The Morgan fingerprint density at radius 2 is 2.06 bits per heavy atom. The lowest BCUT2D eigenvalue weighted by Crippen LogP contribution is -2.12. The molecule has 1 aliphatic rings. The van der Waals surface area contributed by atoms with Crippen LogP contribution in [0.4, 0.5) is 0 Å². The highest BCUT2D eigenvalue weighted by Crippen LogP contribution is 2.39. The maximum Gasteiger partial charge on any atom is 0.310 e. The highest BCUT2D eigenvalue weighted by molar-refractivity contribution is 6.42. The van der Waals surface area contributed by atoms with Crippen molar-refractivity contribution in [1.29, 1.82) is 0 Å². The van der Waals surface area contributed by atoms with Gasteiger partial charge in [0.2, 0.25) is 0 Å². The summed E-state index contributed by atoms with van der Waals surface area (Å²) in [6, 6.07) is 5.06. The first-order valence-corrected chi connectivity index (χ1v) is 6.01. The van der Waals surface area contributed by atoms with Gasteiger partial charge in [-0.2, -0.15) is 0 Å². The van der Waals surface area contributed by atoms with Crippen molar-refractivity contribution >= 4 is 29.2 Å². The monoisotopic (exact) mass is 258 g/mol. The number of aliphatic carboxylic acids is 1. The molecule has 16 heavy (non-hydrogen) atoms. The highest BCUT2D eigenvalue weighted by Gasteiger charge is 2.30. The Morgan fingerprint density at radius 3 is 2.56 bits per heavy atom. The summed E-state index contributed by atoms with van der Waals surface area (Å²) in [6.07, 6.45) is 2.99. The van der Waals surface area contributed by atoms with E-state index in [-0.39, 0.29) is 0 Å². The summed E-state index contributed by atoms with van der Waals surface area (Å²) in [6.45, 7) is 0. The molecule has 0 heterocycles. The van der Waals surface area contributed by atoms with Crippen LogP contribution >= 0.6 is 23.2 Å². The van der Waals surface area contributed by atoms with Gasteiger partial charge in [0.05, 0.1) is 16.0 Å². The number of halogens is 2. The van der Waals surface area contributed by atoms with Crippen molar-refractivity contribution in [1.82, 2.24) is 0 Å². The summed E-state index contributed by atoms with van der Waals surface area (Å²) < 4.78 is 0. The molecule has 2 rings (SSSR count). The van der Waals surface area contributed by atoms with E-state index >= 15 is 0 Å². The molecule has 86 valence electrons. The third-order valence-electron chi connectivity index (χ3n) is 2.91. The van der Waals surface area contributed by atoms with Crippen molar-refractivity contribution in [3.8, 4) is 0 Å². The molecule has 0 bridgehead atoms. The van der Waals surface area contributed by atoms with Crippen molar-refractivity contribution in [2.45, 2.75) is 25.2 Å². The van der Waals surface area contributed by atoms with Crippen LogP contribution in [0.25, 0.3) is 0 Å². The standard InChI is InChI=1S/C12H12Cl2O2/c13-10-4-3-8(6-11(10)14)9(12(15)16)5-7-1-2-7/h3-4,6-7,9H,1-2,5H2,(H,15,16). The van der Waals surface area contributed by atoms with Crippen LogP contribution in [0.5, 0.6) is 0 Å². The third kappa shape index (κ3) is 2.69. The summed E-state index contributed by atoms with van der Waals surface area (Å²) in [5.74, 6) is -0.678. The van der Waals surface area contributed by atoms with Crippen LogP contribution in [0.2, 0.25) is 10.0 Å². The number of hydrogen-bond donors (Lipinski definition) is 1. The topological polar surface area (TPSA) is 37.3 Å². The fourth-order valence-corrected chi connectivity index (χ4v) is 2.10. The molecule has 0 aromatic heterocycles. The first-order valence-electron chi connectivity index (χ1n) is 5.25. The second-order valence-electron chi connectivity index (χ2n) is 4.24. The molecule has 1 unspecified atom stereocenters. The fraction of sp³-hybridized carbons (Fsp3) is 0.417. The van der Waals surface area contributed by atoms with Crippen LogP contribution in [0, 0.1) is 5.92 Å². The molecule has 0 aliphatic heterocycles. The summed E-state index contributed by atoms with van der Waals surface area (Å²) in [5, 5.41) is 10.1. The SMILES string of the molecule is O=C(O)C(CC1CC1)c1ccc(Cl)c(Cl)c1. The normalized spacial score (nSPS) is 17.1. The molecular weight excluding hydrogens is 247 g/mol. The van der Waals surface area contributed by atoms with E-state index in [1.807, 2.05) is 0 Å². The molecule has 1 fully saturated rings. The van der Waals surface area contributed by atoms with Crippen molar-refractivity contribution in [3.05, 3.63) is 33.8 Å². The van der Waals surface area contributed by atoms with E-state index < -0.39 is 11.9 Å². The fourth-order valence-electron chi connectivity index (χ4n) is 1.80. The first kappa shape index (κ1) is 11.7. The van der Waals surface area contributed by atoms with E-state index in [4.69, 9.17) is 23.2 Å². The maximum absolute atomic E-state index is 11.2. The number of rotatable bonds is 4. The molecule has 1 N–H and O–H groups in total. The van der Waals surface area contributed by atoms with Crippen LogP contribution < -0.4 is 0 Å². The average Bonchev–Trinajstić information content (AvgIpc) is 3.02. The van der Waals surface area contributed by atoms with Crippen LogP contribution in [0.3, 0.4) is 0 Å². The minimum Gasteiger partial charge on any atom is -0.481 e. The van der Waals surface area contributed by atoms with Gasteiger partial charge in [0.15, 0.2) is 0 Å². The van der Waals surface area contributed by atoms with Gasteiger partial charge in [0.1, 0.15) is 0 Å². The molecule has 4 heteroatoms. The van der Waals surface area contributed by atoms with Gasteiger partial charge in [-0.05, 0) is 30.0 Å². The molecule has 1 aromatic rings. The van der Waals surface area contributed by atoms with Crippen LogP contribution in [-0.2, 0) is 4.79 Å². The van der Waals surface area contributed by atoms with Crippen LogP contribution in [0.15, 0.2) is 18.2 Å². The van der Waals surface area contributed by atoms with Gasteiger partial charge in [0, 0.05) is 0 Å². The molecule has 0 radical (unpaired) electrons. The molecular formula is C12H12Cl2O2. The van der Waals surface area contributed by atoms with Crippen molar-refractivity contribution < 1.29 is 9.90 Å². The van der Waals surface area contributed by atoms with Gasteiger partial charge in [-0.1, -0.05) is 42.1 Å². The zero-order valence-corrected chi connectivity index (χ0v) is 10.1. The van der Waals surface area contributed by atoms with E-state index in [1.54, 1.807) is 18.2 Å². The number of carboxylic acids is 1. The minimum absolute atomic E-state index is 0.418. The second-order valence-corrected chi connectivity index (χ2v) is 5.06. The Bertz CT molecular complexity index is 413. The number of benzene rings is 1. The van der Waals surface area contributed by atoms with Gasteiger partial charge in [-0.15, -0.1) is 0 Å². The first-order chi connectivity index (χ1) is 7.58. The molecule has 0 spiro atoms.